The van der Waals surface area contributed by atoms with Gasteiger partial charge in [-0.1, -0.05) is 18.2 Å². The Morgan fingerprint density at radius 2 is 1.67 bits per heavy atom. The quantitative estimate of drug-likeness (QED) is 0.794. The molecule has 0 bridgehead atoms. The van der Waals surface area contributed by atoms with Crippen LogP contribution >= 0.6 is 11.3 Å². The van der Waals surface area contributed by atoms with Gasteiger partial charge in [0, 0.05) is 31.1 Å². The first kappa shape index (κ1) is 19.4. The molecule has 1 aromatic heterocycles. The van der Waals surface area contributed by atoms with Crippen molar-refractivity contribution in [2.45, 2.75) is 19.0 Å². The molecule has 1 saturated heterocycles. The summed E-state index contributed by atoms with van der Waals surface area (Å²) in [6.07, 6.45) is -3.74. The molecule has 0 spiro atoms. The number of hydrogen-bond donors (Lipinski definition) is 0. The summed E-state index contributed by atoms with van der Waals surface area (Å²) in [6.45, 7) is 1.37. The van der Waals surface area contributed by atoms with Crippen LogP contribution in [0, 0.1) is 0 Å². The molecule has 4 nitrogen and oxygen atoms in total. The third kappa shape index (κ3) is 4.68. The van der Waals surface area contributed by atoms with E-state index in [0.29, 0.717) is 32.5 Å². The van der Waals surface area contributed by atoms with Gasteiger partial charge in [0.2, 0.25) is 5.91 Å². The first-order valence-corrected chi connectivity index (χ1v) is 9.50. The van der Waals surface area contributed by atoms with E-state index >= 15 is 0 Å². The third-order valence-electron chi connectivity index (χ3n) is 4.50. The van der Waals surface area contributed by atoms with Gasteiger partial charge in [-0.2, -0.15) is 13.2 Å². The zero-order valence-electron chi connectivity index (χ0n) is 14.5. The molecule has 0 N–H and O–H groups in total. The number of halogens is 3. The topological polar surface area (TPSA) is 40.6 Å². The fourth-order valence-corrected chi connectivity index (χ4v) is 3.83. The molecular formula is C19H19F3N2O2S. The molecule has 2 heterocycles. The van der Waals surface area contributed by atoms with Crippen LogP contribution in [0.5, 0.6) is 0 Å². The maximum atomic E-state index is 13.2. The Balaban J connectivity index is 1.68. The highest BCUT2D eigenvalue weighted by atomic mass is 32.1. The van der Waals surface area contributed by atoms with Crippen LogP contribution in [-0.2, 0) is 17.4 Å². The Morgan fingerprint density at radius 3 is 2.37 bits per heavy atom. The number of amides is 2. The molecule has 0 unspecified atom stereocenters. The lowest BCUT2D eigenvalue weighted by Gasteiger charge is -2.23. The van der Waals surface area contributed by atoms with E-state index in [1.807, 2.05) is 17.5 Å². The molecule has 27 heavy (non-hydrogen) atoms. The van der Waals surface area contributed by atoms with Crippen molar-refractivity contribution in [3.63, 3.8) is 0 Å². The van der Waals surface area contributed by atoms with E-state index in [2.05, 4.69) is 0 Å². The van der Waals surface area contributed by atoms with Crippen molar-refractivity contribution >= 4 is 23.2 Å². The number of alkyl halides is 3. The van der Waals surface area contributed by atoms with Crippen LogP contribution in [0.15, 0.2) is 41.8 Å². The molecule has 0 radical (unpaired) electrons. The number of nitrogens with zero attached hydrogens (tertiary/aromatic N) is 2. The van der Waals surface area contributed by atoms with Crippen molar-refractivity contribution < 1.29 is 22.8 Å². The molecule has 1 aromatic carbocycles. The zero-order chi connectivity index (χ0) is 19.4. The maximum Gasteiger partial charge on any atom is 0.417 e. The van der Waals surface area contributed by atoms with Crippen molar-refractivity contribution in [1.82, 2.24) is 9.80 Å². The Bertz CT molecular complexity index is 806. The summed E-state index contributed by atoms with van der Waals surface area (Å²) in [6, 6.07) is 8.60. The van der Waals surface area contributed by atoms with Crippen molar-refractivity contribution in [2.75, 3.05) is 26.2 Å². The van der Waals surface area contributed by atoms with Crippen LogP contribution in [0.4, 0.5) is 13.2 Å². The van der Waals surface area contributed by atoms with Crippen LogP contribution in [-0.4, -0.2) is 47.8 Å². The summed E-state index contributed by atoms with van der Waals surface area (Å²) in [4.78, 5) is 29.2. The number of rotatable bonds is 3. The third-order valence-corrected chi connectivity index (χ3v) is 5.38. The van der Waals surface area contributed by atoms with Gasteiger partial charge in [-0.25, -0.2) is 0 Å². The van der Waals surface area contributed by atoms with Gasteiger partial charge in [-0.3, -0.25) is 9.59 Å². The maximum absolute atomic E-state index is 13.2. The second-order valence-electron chi connectivity index (χ2n) is 6.33. The molecule has 1 fully saturated rings. The molecule has 3 rings (SSSR count). The van der Waals surface area contributed by atoms with Crippen LogP contribution in [0.1, 0.15) is 27.2 Å². The van der Waals surface area contributed by atoms with Crippen molar-refractivity contribution in [1.29, 1.82) is 0 Å². The van der Waals surface area contributed by atoms with E-state index in [1.165, 1.54) is 34.4 Å². The number of benzene rings is 1. The van der Waals surface area contributed by atoms with E-state index in [0.717, 1.165) is 10.9 Å². The fraction of sp³-hybridized carbons (Fsp3) is 0.368. The Kier molecular flexibility index (Phi) is 5.84. The molecule has 0 atom stereocenters. The number of thiophene rings is 1. The second kappa shape index (κ2) is 8.12. The first-order chi connectivity index (χ1) is 12.9. The highest BCUT2D eigenvalue weighted by Crippen LogP contribution is 2.32. The van der Waals surface area contributed by atoms with Crippen LogP contribution < -0.4 is 0 Å². The minimum Gasteiger partial charge on any atom is -0.341 e. The minimum absolute atomic E-state index is 0.0255. The van der Waals surface area contributed by atoms with Gasteiger partial charge in [0.1, 0.15) is 0 Å². The van der Waals surface area contributed by atoms with E-state index in [4.69, 9.17) is 0 Å². The summed E-state index contributed by atoms with van der Waals surface area (Å²) in [5.74, 6) is -0.669. The molecule has 144 valence electrons. The fourth-order valence-electron chi connectivity index (χ4n) is 3.13. The lowest BCUT2D eigenvalue weighted by Crippen LogP contribution is -2.38. The summed E-state index contributed by atoms with van der Waals surface area (Å²) >= 11 is 1.51. The molecule has 1 aliphatic rings. The number of carbonyl (C=O) groups is 2. The molecule has 8 heteroatoms. The molecule has 2 aromatic rings. The number of hydrogen-bond acceptors (Lipinski definition) is 3. The Hall–Kier alpha value is -2.35. The van der Waals surface area contributed by atoms with Gasteiger partial charge in [-0.05, 0) is 30.0 Å². The number of carbonyl (C=O) groups excluding carboxylic acids is 2. The average Bonchev–Trinajstić information content (AvgIpc) is 3.01. The van der Waals surface area contributed by atoms with Gasteiger partial charge in [0.05, 0.1) is 17.5 Å². The van der Waals surface area contributed by atoms with Gasteiger partial charge < -0.3 is 9.80 Å². The zero-order valence-corrected chi connectivity index (χ0v) is 15.4. The summed E-state index contributed by atoms with van der Waals surface area (Å²) in [7, 11) is 0. The smallest absolute Gasteiger partial charge is 0.341 e. The highest BCUT2D eigenvalue weighted by molar-refractivity contribution is 7.10. The highest BCUT2D eigenvalue weighted by Gasteiger charge is 2.36. The van der Waals surface area contributed by atoms with Crippen molar-refractivity contribution in [2.24, 2.45) is 0 Å². The van der Waals surface area contributed by atoms with E-state index < -0.39 is 17.6 Å². The van der Waals surface area contributed by atoms with Gasteiger partial charge >= 0.3 is 6.18 Å². The first-order valence-electron chi connectivity index (χ1n) is 8.62. The van der Waals surface area contributed by atoms with Gasteiger partial charge in [-0.15, -0.1) is 11.3 Å². The van der Waals surface area contributed by atoms with Crippen molar-refractivity contribution in [3.8, 4) is 0 Å². The predicted octanol–water partition coefficient (Wildman–Crippen LogP) is 3.68. The molecular weight excluding hydrogens is 377 g/mol. The monoisotopic (exact) mass is 396 g/mol. The van der Waals surface area contributed by atoms with Gasteiger partial charge in [0.15, 0.2) is 0 Å². The lowest BCUT2D eigenvalue weighted by molar-refractivity contribution is -0.138. The average molecular weight is 396 g/mol. The normalized spacial score (nSPS) is 15.5. The van der Waals surface area contributed by atoms with Crippen molar-refractivity contribution in [3.05, 3.63) is 57.8 Å². The second-order valence-corrected chi connectivity index (χ2v) is 7.36. The SMILES string of the molecule is O=C(Cc1cccs1)N1CCCN(C(=O)c2ccccc2C(F)(F)F)CC1. The van der Waals surface area contributed by atoms with Crippen LogP contribution in [0.25, 0.3) is 0 Å². The minimum atomic E-state index is -4.58. The summed E-state index contributed by atoms with van der Waals surface area (Å²) < 4.78 is 39.5. The van der Waals surface area contributed by atoms with E-state index in [1.54, 1.807) is 4.90 Å². The molecule has 2 amide bonds. The van der Waals surface area contributed by atoms with Crippen LogP contribution in [0.2, 0.25) is 0 Å². The molecule has 1 aliphatic heterocycles. The molecule has 0 saturated carbocycles. The molecule has 0 aliphatic carbocycles. The predicted molar refractivity (Wildman–Crippen MR) is 96.6 cm³/mol. The standard InChI is InChI=1S/C19H19F3N2O2S/c20-19(21,22)16-7-2-1-6-15(16)18(26)24-9-4-8-23(10-11-24)17(25)13-14-5-3-12-27-14/h1-3,5-7,12H,4,8-11,13H2. The Morgan fingerprint density at radius 1 is 0.963 bits per heavy atom. The van der Waals surface area contributed by atoms with Crippen LogP contribution in [0.3, 0.4) is 0 Å². The van der Waals surface area contributed by atoms with E-state index in [9.17, 15) is 22.8 Å². The summed E-state index contributed by atoms with van der Waals surface area (Å²) in [5, 5.41) is 1.91. The Labute approximate surface area is 159 Å². The summed E-state index contributed by atoms with van der Waals surface area (Å²) in [5.41, 5.74) is -1.27. The van der Waals surface area contributed by atoms with E-state index in [-0.39, 0.29) is 18.0 Å². The van der Waals surface area contributed by atoms with Gasteiger partial charge in [0.25, 0.3) is 5.91 Å². The largest absolute Gasteiger partial charge is 0.417 e. The lowest BCUT2D eigenvalue weighted by atomic mass is 10.1.